The van der Waals surface area contributed by atoms with E-state index in [4.69, 9.17) is 21.1 Å². The molecule has 3 aromatic carbocycles. The number of benzene rings is 3. The summed E-state index contributed by atoms with van der Waals surface area (Å²) in [5, 5.41) is 11.4. The number of hydrogen-bond donors (Lipinski definition) is 3. The highest BCUT2D eigenvalue weighted by molar-refractivity contribution is 6.30. The number of hydrazine groups is 1. The Morgan fingerprint density at radius 2 is 1.63 bits per heavy atom. The summed E-state index contributed by atoms with van der Waals surface area (Å²) in [6, 6.07) is 21.2. The van der Waals surface area contributed by atoms with E-state index >= 15 is 0 Å². The third kappa shape index (κ3) is 4.38. The lowest BCUT2D eigenvalue weighted by molar-refractivity contribution is 0.303. The topological polar surface area (TPSA) is 62.8 Å². The largest absolute Gasteiger partial charge is 0.507 e. The van der Waals surface area contributed by atoms with Crippen molar-refractivity contribution in [2.75, 3.05) is 7.11 Å². The van der Waals surface area contributed by atoms with Crippen molar-refractivity contribution < 1.29 is 14.6 Å². The number of phenols is 1. The Hall–Kier alpha value is -2.73. The predicted molar refractivity (Wildman–Crippen MR) is 118 cm³/mol. The van der Waals surface area contributed by atoms with Gasteiger partial charge in [-0.2, -0.15) is 0 Å². The monoisotopic (exact) mass is 424 g/mol. The summed E-state index contributed by atoms with van der Waals surface area (Å²) in [7, 11) is 1.64. The van der Waals surface area contributed by atoms with Gasteiger partial charge in [-0.15, -0.1) is 0 Å². The molecule has 3 atom stereocenters. The van der Waals surface area contributed by atoms with E-state index < -0.39 is 0 Å². The third-order valence-electron chi connectivity index (χ3n) is 5.52. The molecule has 0 saturated carbocycles. The predicted octanol–water partition coefficient (Wildman–Crippen LogP) is 4.95. The summed E-state index contributed by atoms with van der Waals surface area (Å²) in [5.74, 6) is 1.78. The minimum atomic E-state index is -0.0724. The van der Waals surface area contributed by atoms with Gasteiger partial charge in [0, 0.05) is 28.6 Å². The molecule has 0 aromatic heterocycles. The zero-order valence-electron chi connectivity index (χ0n) is 16.9. The van der Waals surface area contributed by atoms with E-state index in [1.165, 1.54) is 0 Å². The molecule has 5 nitrogen and oxygen atoms in total. The fourth-order valence-electron chi connectivity index (χ4n) is 3.89. The number of phenolic OH excluding ortho intramolecular Hbond substituents is 1. The molecule has 4 rings (SSSR count). The van der Waals surface area contributed by atoms with Gasteiger partial charge in [-0.3, -0.25) is 5.43 Å². The van der Waals surface area contributed by atoms with Crippen molar-refractivity contribution in [3.8, 4) is 17.2 Å². The van der Waals surface area contributed by atoms with Crippen molar-refractivity contribution in [2.24, 2.45) is 0 Å². The van der Waals surface area contributed by atoms with E-state index in [1.807, 2.05) is 60.7 Å². The van der Waals surface area contributed by atoms with Crippen LogP contribution >= 0.6 is 11.6 Å². The smallest absolute Gasteiger partial charge is 0.124 e. The maximum absolute atomic E-state index is 10.7. The maximum atomic E-state index is 10.7. The molecule has 0 aliphatic carbocycles. The Balaban J connectivity index is 1.49. The Kier molecular flexibility index (Phi) is 6.13. The van der Waals surface area contributed by atoms with Crippen LogP contribution in [-0.2, 0) is 6.61 Å². The van der Waals surface area contributed by atoms with Crippen LogP contribution in [0.1, 0.15) is 35.6 Å². The number of nitrogens with one attached hydrogen (secondary N) is 2. The minimum absolute atomic E-state index is 0.0724. The summed E-state index contributed by atoms with van der Waals surface area (Å²) in [6.45, 7) is 2.53. The first kappa shape index (κ1) is 20.5. The van der Waals surface area contributed by atoms with E-state index in [9.17, 15) is 5.11 Å². The number of rotatable bonds is 6. The van der Waals surface area contributed by atoms with Crippen LogP contribution in [0.4, 0.5) is 0 Å². The number of ether oxygens (including phenoxy) is 2. The molecule has 30 heavy (non-hydrogen) atoms. The molecular formula is C24H25ClN2O3. The molecular weight excluding hydrogens is 400 g/mol. The lowest BCUT2D eigenvalue weighted by atomic mass is 9.84. The molecule has 3 unspecified atom stereocenters. The molecule has 1 aliphatic rings. The van der Waals surface area contributed by atoms with Crippen LogP contribution in [0, 0.1) is 0 Å². The summed E-state index contributed by atoms with van der Waals surface area (Å²) in [6.07, 6.45) is 0. The normalized spacial score (nSPS) is 20.8. The Bertz CT molecular complexity index is 992. The molecule has 0 amide bonds. The van der Waals surface area contributed by atoms with Gasteiger partial charge in [0.05, 0.1) is 13.2 Å². The molecule has 1 fully saturated rings. The van der Waals surface area contributed by atoms with Crippen molar-refractivity contribution >= 4 is 11.6 Å². The first-order valence-corrected chi connectivity index (χ1v) is 10.3. The fraction of sp³-hybridized carbons (Fsp3) is 0.250. The van der Waals surface area contributed by atoms with Gasteiger partial charge >= 0.3 is 0 Å². The van der Waals surface area contributed by atoms with Crippen LogP contribution in [0.15, 0.2) is 66.7 Å². The van der Waals surface area contributed by atoms with Gasteiger partial charge < -0.3 is 14.6 Å². The number of hydrogen-bond acceptors (Lipinski definition) is 5. The van der Waals surface area contributed by atoms with Gasteiger partial charge in [0.15, 0.2) is 0 Å². The number of aromatic hydroxyl groups is 1. The van der Waals surface area contributed by atoms with E-state index in [0.29, 0.717) is 17.4 Å². The van der Waals surface area contributed by atoms with Crippen molar-refractivity contribution in [1.82, 2.24) is 10.9 Å². The number of methoxy groups -OCH3 is 1. The highest BCUT2D eigenvalue weighted by atomic mass is 35.5. The van der Waals surface area contributed by atoms with Crippen LogP contribution in [0.5, 0.6) is 17.2 Å². The molecule has 1 saturated heterocycles. The van der Waals surface area contributed by atoms with Gasteiger partial charge in [0.25, 0.3) is 0 Å². The van der Waals surface area contributed by atoms with E-state index in [2.05, 4.69) is 17.8 Å². The van der Waals surface area contributed by atoms with Crippen LogP contribution in [-0.4, -0.2) is 18.3 Å². The molecule has 1 heterocycles. The third-order valence-corrected chi connectivity index (χ3v) is 5.77. The van der Waals surface area contributed by atoms with Gasteiger partial charge in [-0.25, -0.2) is 5.43 Å². The molecule has 0 radical (unpaired) electrons. The van der Waals surface area contributed by atoms with Crippen molar-refractivity contribution in [1.29, 1.82) is 0 Å². The molecule has 0 bridgehead atoms. The maximum Gasteiger partial charge on any atom is 0.124 e. The highest BCUT2D eigenvalue weighted by Crippen LogP contribution is 2.41. The molecule has 0 spiro atoms. The van der Waals surface area contributed by atoms with Gasteiger partial charge in [0.1, 0.15) is 23.9 Å². The van der Waals surface area contributed by atoms with E-state index in [-0.39, 0.29) is 23.8 Å². The quantitative estimate of drug-likeness (QED) is 0.522. The van der Waals surface area contributed by atoms with Crippen LogP contribution < -0.4 is 20.3 Å². The highest BCUT2D eigenvalue weighted by Gasteiger charge is 2.36. The van der Waals surface area contributed by atoms with Crippen LogP contribution in [0.3, 0.4) is 0 Å². The Morgan fingerprint density at radius 1 is 0.933 bits per heavy atom. The SMILES string of the molecule is COc1ccc(COc2ccc(C3NNC(C)C3c3ccc(Cl)cc3)c(O)c2)cc1. The standard InChI is InChI=1S/C24H25ClN2O3/c1-15-23(17-5-7-18(25)8-6-17)24(27-26-15)21-12-11-20(13-22(21)28)30-14-16-3-9-19(29-2)10-4-16/h3-13,15,23-24,26-28H,14H2,1-2H3. The van der Waals surface area contributed by atoms with Gasteiger partial charge in [-0.05, 0) is 48.4 Å². The second kappa shape index (κ2) is 8.96. The Morgan fingerprint density at radius 3 is 2.30 bits per heavy atom. The van der Waals surface area contributed by atoms with E-state index in [0.717, 1.165) is 22.4 Å². The second-order valence-corrected chi connectivity index (χ2v) is 7.93. The fourth-order valence-corrected chi connectivity index (χ4v) is 4.02. The average Bonchev–Trinajstić information content (AvgIpc) is 3.14. The first-order valence-electron chi connectivity index (χ1n) is 9.90. The zero-order chi connectivity index (χ0) is 21.1. The van der Waals surface area contributed by atoms with Crippen molar-refractivity contribution in [3.05, 3.63) is 88.4 Å². The zero-order valence-corrected chi connectivity index (χ0v) is 17.7. The molecule has 6 heteroatoms. The van der Waals surface area contributed by atoms with Gasteiger partial charge in [0.2, 0.25) is 0 Å². The first-order chi connectivity index (χ1) is 14.5. The Labute approximate surface area is 181 Å². The van der Waals surface area contributed by atoms with Crippen LogP contribution in [0.25, 0.3) is 0 Å². The summed E-state index contributed by atoms with van der Waals surface area (Å²) in [5.41, 5.74) is 9.62. The lowest BCUT2D eigenvalue weighted by Gasteiger charge is -2.23. The second-order valence-electron chi connectivity index (χ2n) is 7.49. The van der Waals surface area contributed by atoms with Crippen molar-refractivity contribution in [3.63, 3.8) is 0 Å². The van der Waals surface area contributed by atoms with Crippen molar-refractivity contribution in [2.45, 2.75) is 31.5 Å². The lowest BCUT2D eigenvalue weighted by Crippen LogP contribution is -2.29. The number of halogens is 1. The molecule has 3 aromatic rings. The molecule has 3 N–H and O–H groups in total. The van der Waals surface area contributed by atoms with Gasteiger partial charge in [-0.1, -0.05) is 41.9 Å². The van der Waals surface area contributed by atoms with E-state index in [1.54, 1.807) is 13.2 Å². The van der Waals surface area contributed by atoms with Crippen LogP contribution in [0.2, 0.25) is 5.02 Å². The summed E-state index contributed by atoms with van der Waals surface area (Å²) >= 11 is 6.05. The average molecular weight is 425 g/mol. The summed E-state index contributed by atoms with van der Waals surface area (Å²) in [4.78, 5) is 0. The summed E-state index contributed by atoms with van der Waals surface area (Å²) < 4.78 is 11.0. The molecule has 1 aliphatic heterocycles. The minimum Gasteiger partial charge on any atom is -0.507 e. The molecule has 156 valence electrons.